The number of benzene rings is 2. The number of sulfonamides is 1. The fourth-order valence-corrected chi connectivity index (χ4v) is 4.30. The van der Waals surface area contributed by atoms with Gasteiger partial charge >= 0.3 is 0 Å². The Morgan fingerprint density at radius 2 is 1.61 bits per heavy atom. The highest BCUT2D eigenvalue weighted by atomic mass is 32.2. The Kier molecular flexibility index (Phi) is 6.49. The summed E-state index contributed by atoms with van der Waals surface area (Å²) in [6.45, 7) is 1.31. The number of phenolic OH excluding ortho intramolecular Hbond substituents is 1. The molecule has 0 aliphatic carbocycles. The normalized spacial score (nSPS) is 15.8. The number of phenols is 1. The van der Waals surface area contributed by atoms with E-state index >= 15 is 0 Å². The maximum Gasteiger partial charge on any atom is 0.236 e. The zero-order chi connectivity index (χ0) is 20.0. The van der Waals surface area contributed by atoms with E-state index in [1.54, 1.807) is 29.2 Å². The molecule has 148 valence electrons. The van der Waals surface area contributed by atoms with E-state index in [1.807, 2.05) is 36.4 Å². The molecule has 1 N–H and O–H groups in total. The van der Waals surface area contributed by atoms with E-state index in [-0.39, 0.29) is 31.2 Å². The van der Waals surface area contributed by atoms with Crippen LogP contribution in [0.5, 0.6) is 5.75 Å². The lowest BCUT2D eigenvalue weighted by atomic mass is 10.1. The van der Waals surface area contributed by atoms with E-state index in [0.717, 1.165) is 11.1 Å². The molecule has 2 aromatic carbocycles. The van der Waals surface area contributed by atoms with Crippen molar-refractivity contribution in [2.45, 2.75) is 12.8 Å². The van der Waals surface area contributed by atoms with E-state index in [4.69, 9.17) is 0 Å². The molecule has 1 amide bonds. The van der Waals surface area contributed by atoms with Crippen LogP contribution in [0.1, 0.15) is 17.5 Å². The van der Waals surface area contributed by atoms with E-state index in [2.05, 4.69) is 0 Å². The Balaban J connectivity index is 1.51. The lowest BCUT2D eigenvalue weighted by Gasteiger charge is -2.33. The summed E-state index contributed by atoms with van der Waals surface area (Å²) in [6.07, 6.45) is 2.33. The second-order valence-corrected chi connectivity index (χ2v) is 8.49. The summed E-state index contributed by atoms with van der Waals surface area (Å²) in [5.74, 6) is 0.163. The average molecular weight is 401 g/mol. The molecule has 0 saturated carbocycles. The summed E-state index contributed by atoms with van der Waals surface area (Å²) in [4.78, 5) is 14.1. The van der Waals surface area contributed by atoms with Gasteiger partial charge in [0.25, 0.3) is 0 Å². The molecule has 0 bridgehead atoms. The largest absolute Gasteiger partial charge is 0.508 e. The molecule has 28 heavy (non-hydrogen) atoms. The number of hydrogen-bond donors (Lipinski definition) is 1. The SMILES string of the molecule is O=C(CCc1ccccc1O)N1CCN(S(=O)(=O)C=Cc2ccccc2)CC1. The second-order valence-electron chi connectivity index (χ2n) is 6.67. The van der Waals surface area contributed by atoms with Crippen LogP contribution in [0, 0.1) is 0 Å². The van der Waals surface area contributed by atoms with Crippen LogP contribution in [0.3, 0.4) is 0 Å². The smallest absolute Gasteiger partial charge is 0.236 e. The Morgan fingerprint density at radius 3 is 2.29 bits per heavy atom. The van der Waals surface area contributed by atoms with E-state index in [9.17, 15) is 18.3 Å². The highest BCUT2D eigenvalue weighted by molar-refractivity contribution is 7.92. The van der Waals surface area contributed by atoms with Gasteiger partial charge in [0.2, 0.25) is 15.9 Å². The first-order chi connectivity index (χ1) is 13.5. The van der Waals surface area contributed by atoms with E-state index in [0.29, 0.717) is 19.5 Å². The maximum atomic E-state index is 12.5. The summed E-state index contributed by atoms with van der Waals surface area (Å²) in [5.41, 5.74) is 1.56. The second kappa shape index (κ2) is 9.03. The van der Waals surface area contributed by atoms with E-state index < -0.39 is 10.0 Å². The third kappa shape index (κ3) is 5.21. The summed E-state index contributed by atoms with van der Waals surface area (Å²) in [6, 6.07) is 16.2. The molecule has 2 aromatic rings. The molecule has 0 atom stereocenters. The standard InChI is InChI=1S/C21H24N2O4S/c24-20-9-5-4-8-19(20)10-11-21(25)22-13-15-23(16-14-22)28(26,27)17-12-18-6-2-1-3-7-18/h1-9,12,17,24H,10-11,13-16H2. The van der Waals surface area contributed by atoms with Crippen molar-refractivity contribution in [1.82, 2.24) is 9.21 Å². The molecule has 0 spiro atoms. The van der Waals surface area contributed by atoms with Gasteiger partial charge in [0.05, 0.1) is 0 Å². The van der Waals surface area contributed by atoms with Crippen LogP contribution in [-0.4, -0.2) is 54.8 Å². The van der Waals surface area contributed by atoms with Gasteiger partial charge in [-0.15, -0.1) is 0 Å². The monoisotopic (exact) mass is 400 g/mol. The molecule has 7 heteroatoms. The first-order valence-electron chi connectivity index (χ1n) is 9.24. The van der Waals surface area contributed by atoms with Crippen LogP contribution in [0.2, 0.25) is 0 Å². The van der Waals surface area contributed by atoms with Crippen LogP contribution in [-0.2, 0) is 21.2 Å². The molecule has 0 aromatic heterocycles. The molecule has 6 nitrogen and oxygen atoms in total. The van der Waals surface area contributed by atoms with Crippen molar-refractivity contribution in [3.63, 3.8) is 0 Å². The quantitative estimate of drug-likeness (QED) is 0.808. The summed E-state index contributed by atoms with van der Waals surface area (Å²) in [5, 5.41) is 11.0. The van der Waals surface area contributed by atoms with Crippen LogP contribution in [0.4, 0.5) is 0 Å². The van der Waals surface area contributed by atoms with Crippen molar-refractivity contribution in [3.8, 4) is 5.75 Å². The Morgan fingerprint density at radius 1 is 0.964 bits per heavy atom. The third-order valence-electron chi connectivity index (χ3n) is 4.78. The van der Waals surface area contributed by atoms with E-state index in [1.165, 1.54) is 9.71 Å². The van der Waals surface area contributed by atoms with Crippen molar-refractivity contribution in [2.75, 3.05) is 26.2 Å². The zero-order valence-corrected chi connectivity index (χ0v) is 16.4. The van der Waals surface area contributed by atoms with Gasteiger partial charge in [-0.05, 0) is 29.7 Å². The maximum absolute atomic E-state index is 12.5. The predicted molar refractivity (Wildman–Crippen MR) is 109 cm³/mol. The molecule has 1 saturated heterocycles. The van der Waals surface area contributed by atoms with Crippen molar-refractivity contribution in [3.05, 3.63) is 71.1 Å². The molecule has 1 heterocycles. The minimum atomic E-state index is -3.51. The fraction of sp³-hybridized carbons (Fsp3) is 0.286. The van der Waals surface area contributed by atoms with Crippen molar-refractivity contribution in [1.29, 1.82) is 0 Å². The molecular weight excluding hydrogens is 376 g/mol. The molecule has 1 fully saturated rings. The predicted octanol–water partition coefficient (Wildman–Crippen LogP) is 2.47. The fourth-order valence-electron chi connectivity index (χ4n) is 3.13. The number of para-hydroxylation sites is 1. The number of hydrogen-bond acceptors (Lipinski definition) is 4. The van der Waals surface area contributed by atoms with Crippen LogP contribution >= 0.6 is 0 Å². The number of nitrogens with zero attached hydrogens (tertiary/aromatic N) is 2. The van der Waals surface area contributed by atoms with Crippen molar-refractivity contribution >= 4 is 22.0 Å². The van der Waals surface area contributed by atoms with Gasteiger partial charge in [-0.25, -0.2) is 8.42 Å². The molecule has 1 aliphatic rings. The zero-order valence-electron chi connectivity index (χ0n) is 15.6. The van der Waals surface area contributed by atoms with Crippen LogP contribution in [0.15, 0.2) is 60.0 Å². The van der Waals surface area contributed by atoms with Gasteiger partial charge in [-0.3, -0.25) is 4.79 Å². The molecule has 1 aliphatic heterocycles. The van der Waals surface area contributed by atoms with Gasteiger partial charge in [0, 0.05) is 38.0 Å². The number of aryl methyl sites for hydroxylation is 1. The van der Waals surface area contributed by atoms with Crippen LogP contribution < -0.4 is 0 Å². The minimum Gasteiger partial charge on any atom is -0.508 e. The van der Waals surface area contributed by atoms with Gasteiger partial charge in [-0.2, -0.15) is 4.31 Å². The number of carbonyl (C=O) groups is 1. The highest BCUT2D eigenvalue weighted by Crippen LogP contribution is 2.18. The topological polar surface area (TPSA) is 77.9 Å². The van der Waals surface area contributed by atoms with Gasteiger partial charge in [0.15, 0.2) is 0 Å². The Bertz CT molecular complexity index is 934. The number of amides is 1. The van der Waals surface area contributed by atoms with Gasteiger partial charge < -0.3 is 10.0 Å². The average Bonchev–Trinajstić information content (AvgIpc) is 2.72. The number of carbonyl (C=O) groups excluding carboxylic acids is 1. The lowest BCUT2D eigenvalue weighted by molar-refractivity contribution is -0.132. The third-order valence-corrected chi connectivity index (χ3v) is 6.35. The van der Waals surface area contributed by atoms with Gasteiger partial charge in [0.1, 0.15) is 5.75 Å². The molecule has 3 rings (SSSR count). The first-order valence-corrected chi connectivity index (χ1v) is 10.7. The first kappa shape index (κ1) is 20.1. The Hall–Kier alpha value is -2.64. The van der Waals surface area contributed by atoms with Crippen LogP contribution in [0.25, 0.3) is 6.08 Å². The minimum absolute atomic E-state index is 0.0277. The van der Waals surface area contributed by atoms with Crippen molar-refractivity contribution < 1.29 is 18.3 Å². The summed E-state index contributed by atoms with van der Waals surface area (Å²) < 4.78 is 26.4. The van der Waals surface area contributed by atoms with Gasteiger partial charge in [-0.1, -0.05) is 48.5 Å². The lowest BCUT2D eigenvalue weighted by Crippen LogP contribution is -2.50. The molecule has 0 radical (unpaired) electrons. The molecular formula is C21H24N2O4S. The summed E-state index contributed by atoms with van der Waals surface area (Å²) in [7, 11) is -3.51. The Labute approximate surface area is 165 Å². The number of rotatable bonds is 6. The summed E-state index contributed by atoms with van der Waals surface area (Å²) >= 11 is 0. The number of aromatic hydroxyl groups is 1. The number of piperazine rings is 1. The highest BCUT2D eigenvalue weighted by Gasteiger charge is 2.27. The van der Waals surface area contributed by atoms with Crippen molar-refractivity contribution in [2.24, 2.45) is 0 Å². The molecule has 0 unspecified atom stereocenters.